The van der Waals surface area contributed by atoms with Crippen molar-refractivity contribution in [1.82, 2.24) is 4.98 Å². The van der Waals surface area contributed by atoms with E-state index in [4.69, 9.17) is 17.3 Å². The number of nitrogens with two attached hydrogens (primary N) is 1. The summed E-state index contributed by atoms with van der Waals surface area (Å²) >= 11 is 7.07. The number of nitrogens with zero attached hydrogens (tertiary/aromatic N) is 1. The molecule has 2 N–H and O–H groups in total. The summed E-state index contributed by atoms with van der Waals surface area (Å²) in [6.07, 6.45) is 0. The van der Waals surface area contributed by atoms with E-state index in [2.05, 4.69) is 4.98 Å². The van der Waals surface area contributed by atoms with E-state index in [1.165, 1.54) is 11.3 Å². The second kappa shape index (κ2) is 3.19. The fourth-order valence-electron chi connectivity index (χ4n) is 0.642. The highest BCUT2D eigenvalue weighted by atomic mass is 35.5. The Morgan fingerprint density at radius 2 is 2.55 bits per heavy atom. The monoisotopic (exact) mass is 190 g/mol. The molecule has 0 fully saturated rings. The number of rotatable bonds is 2. The maximum absolute atomic E-state index is 10.6. The molecule has 1 aromatic heterocycles. The van der Waals surface area contributed by atoms with Gasteiger partial charge in [0.2, 0.25) is 5.91 Å². The van der Waals surface area contributed by atoms with Crippen LogP contribution in [0.5, 0.6) is 0 Å². The molecule has 5 heteroatoms. The normalized spacial score (nSPS) is 12.9. The first-order valence-corrected chi connectivity index (χ1v) is 4.28. The average Bonchev–Trinajstić information content (AvgIpc) is 2.34. The van der Waals surface area contributed by atoms with Gasteiger partial charge in [-0.1, -0.05) is 0 Å². The zero-order valence-electron chi connectivity index (χ0n) is 5.87. The second-order valence-electron chi connectivity index (χ2n) is 2.06. The third-order valence-electron chi connectivity index (χ3n) is 1.15. The van der Waals surface area contributed by atoms with Crippen molar-refractivity contribution >= 4 is 28.8 Å². The van der Waals surface area contributed by atoms with Crippen molar-refractivity contribution in [2.45, 2.75) is 12.3 Å². The van der Waals surface area contributed by atoms with Crippen LogP contribution in [0.3, 0.4) is 0 Å². The lowest BCUT2D eigenvalue weighted by Gasteiger charge is -1.98. The van der Waals surface area contributed by atoms with Gasteiger partial charge in [-0.25, -0.2) is 4.98 Å². The minimum Gasteiger partial charge on any atom is -0.368 e. The minimum absolute atomic E-state index is 0.543. The highest BCUT2D eigenvalue weighted by molar-refractivity contribution is 7.09. The van der Waals surface area contributed by atoms with Crippen molar-refractivity contribution in [1.29, 1.82) is 0 Å². The Kier molecular flexibility index (Phi) is 2.46. The molecule has 1 amide bonds. The van der Waals surface area contributed by atoms with Gasteiger partial charge in [0.15, 0.2) is 5.38 Å². The molecule has 1 atom stereocenters. The van der Waals surface area contributed by atoms with Gasteiger partial charge in [0.25, 0.3) is 0 Å². The van der Waals surface area contributed by atoms with E-state index in [-0.39, 0.29) is 0 Å². The maximum atomic E-state index is 10.6. The number of hydrogen-bond acceptors (Lipinski definition) is 3. The molecule has 0 saturated heterocycles. The molecule has 0 spiro atoms. The maximum Gasteiger partial charge on any atom is 0.241 e. The lowest BCUT2D eigenvalue weighted by Crippen LogP contribution is -2.17. The molecule has 11 heavy (non-hydrogen) atoms. The summed E-state index contributed by atoms with van der Waals surface area (Å²) in [7, 11) is 0. The van der Waals surface area contributed by atoms with Crippen molar-refractivity contribution in [3.05, 3.63) is 16.1 Å². The van der Waals surface area contributed by atoms with Crippen LogP contribution < -0.4 is 5.73 Å². The third kappa shape index (κ3) is 1.91. The summed E-state index contributed by atoms with van der Waals surface area (Å²) in [5.41, 5.74) is 5.51. The lowest BCUT2D eigenvalue weighted by molar-refractivity contribution is -0.117. The minimum atomic E-state index is -0.792. The van der Waals surface area contributed by atoms with Crippen molar-refractivity contribution < 1.29 is 4.79 Å². The first-order chi connectivity index (χ1) is 5.11. The first-order valence-electron chi connectivity index (χ1n) is 2.96. The van der Waals surface area contributed by atoms with E-state index in [0.29, 0.717) is 5.69 Å². The van der Waals surface area contributed by atoms with Crippen LogP contribution in [-0.4, -0.2) is 10.9 Å². The van der Waals surface area contributed by atoms with Gasteiger partial charge in [0.05, 0.1) is 10.7 Å². The fourth-order valence-corrected chi connectivity index (χ4v) is 1.47. The van der Waals surface area contributed by atoms with Crippen molar-refractivity contribution in [2.75, 3.05) is 0 Å². The zero-order valence-corrected chi connectivity index (χ0v) is 7.45. The van der Waals surface area contributed by atoms with Gasteiger partial charge in [-0.2, -0.15) is 0 Å². The van der Waals surface area contributed by atoms with Crippen LogP contribution in [-0.2, 0) is 4.79 Å². The SMILES string of the molecule is Cc1nc(C(Cl)C(N)=O)cs1. The Morgan fingerprint density at radius 3 is 2.91 bits per heavy atom. The van der Waals surface area contributed by atoms with Crippen LogP contribution >= 0.6 is 22.9 Å². The van der Waals surface area contributed by atoms with Crippen LogP contribution in [0.2, 0.25) is 0 Å². The van der Waals surface area contributed by atoms with Gasteiger partial charge >= 0.3 is 0 Å². The number of primary amides is 1. The van der Waals surface area contributed by atoms with Crippen LogP contribution in [0.25, 0.3) is 0 Å². The molecule has 0 aliphatic carbocycles. The number of thiazole rings is 1. The summed E-state index contributed by atoms with van der Waals surface area (Å²) in [6.45, 7) is 1.85. The molecule has 0 saturated carbocycles. The number of aromatic nitrogens is 1. The predicted octanol–water partition coefficient (Wildman–Crippen LogP) is 1.22. The van der Waals surface area contributed by atoms with E-state index in [1.54, 1.807) is 5.38 Å². The van der Waals surface area contributed by atoms with Crippen LogP contribution in [0.15, 0.2) is 5.38 Å². The van der Waals surface area contributed by atoms with Gasteiger partial charge in [-0.15, -0.1) is 22.9 Å². The number of carbonyl (C=O) groups excluding carboxylic acids is 1. The number of halogens is 1. The van der Waals surface area contributed by atoms with Crippen molar-refractivity contribution in [3.8, 4) is 0 Å². The number of hydrogen-bond donors (Lipinski definition) is 1. The topological polar surface area (TPSA) is 56.0 Å². The lowest BCUT2D eigenvalue weighted by atomic mass is 10.3. The molecular weight excluding hydrogens is 184 g/mol. The van der Waals surface area contributed by atoms with Gasteiger partial charge < -0.3 is 5.73 Å². The van der Waals surface area contributed by atoms with E-state index in [1.807, 2.05) is 6.92 Å². The summed E-state index contributed by atoms with van der Waals surface area (Å²) in [5.74, 6) is -0.558. The first kappa shape index (κ1) is 8.49. The number of carbonyl (C=O) groups is 1. The molecular formula is C6H7ClN2OS. The summed E-state index contributed by atoms with van der Waals surface area (Å²) in [5, 5.41) is 1.82. The van der Waals surface area contributed by atoms with Crippen LogP contribution in [0.4, 0.5) is 0 Å². The van der Waals surface area contributed by atoms with Crippen molar-refractivity contribution in [2.24, 2.45) is 5.73 Å². The molecule has 1 unspecified atom stereocenters. The molecule has 1 rings (SSSR count). The van der Waals surface area contributed by atoms with Crippen LogP contribution in [0, 0.1) is 6.92 Å². The second-order valence-corrected chi connectivity index (χ2v) is 3.55. The summed E-state index contributed by atoms with van der Waals surface area (Å²) in [4.78, 5) is 14.6. The predicted molar refractivity (Wildman–Crippen MR) is 44.6 cm³/mol. The number of alkyl halides is 1. The van der Waals surface area contributed by atoms with E-state index in [9.17, 15) is 4.79 Å². The molecule has 0 aromatic carbocycles. The molecule has 0 aliphatic heterocycles. The fraction of sp³-hybridized carbons (Fsp3) is 0.333. The van der Waals surface area contributed by atoms with E-state index < -0.39 is 11.3 Å². The molecule has 0 aliphatic rings. The molecule has 3 nitrogen and oxygen atoms in total. The summed E-state index contributed by atoms with van der Waals surface area (Å²) in [6, 6.07) is 0. The quantitative estimate of drug-likeness (QED) is 0.713. The Hall–Kier alpha value is -0.610. The van der Waals surface area contributed by atoms with Gasteiger partial charge in [-0.05, 0) is 6.92 Å². The van der Waals surface area contributed by atoms with E-state index >= 15 is 0 Å². The highest BCUT2D eigenvalue weighted by Crippen LogP contribution is 2.21. The molecule has 1 heterocycles. The Morgan fingerprint density at radius 1 is 1.91 bits per heavy atom. The summed E-state index contributed by atoms with van der Waals surface area (Å²) < 4.78 is 0. The smallest absolute Gasteiger partial charge is 0.241 e. The molecule has 0 bridgehead atoms. The van der Waals surface area contributed by atoms with Gasteiger partial charge in [0, 0.05) is 5.38 Å². The largest absolute Gasteiger partial charge is 0.368 e. The van der Waals surface area contributed by atoms with Crippen molar-refractivity contribution in [3.63, 3.8) is 0 Å². The molecule has 1 aromatic rings. The number of amides is 1. The standard InChI is InChI=1S/C6H7ClN2OS/c1-3-9-4(2-11-3)5(7)6(8)10/h2,5H,1H3,(H2,8,10). The number of aryl methyl sites for hydroxylation is 1. The molecule has 60 valence electrons. The van der Waals surface area contributed by atoms with Gasteiger partial charge in [-0.3, -0.25) is 4.79 Å². The Bertz CT molecular complexity index is 273. The van der Waals surface area contributed by atoms with Gasteiger partial charge in [0.1, 0.15) is 0 Å². The third-order valence-corrected chi connectivity index (χ3v) is 2.38. The van der Waals surface area contributed by atoms with Crippen LogP contribution in [0.1, 0.15) is 16.1 Å². The zero-order chi connectivity index (χ0) is 8.43. The highest BCUT2D eigenvalue weighted by Gasteiger charge is 2.16. The Labute approximate surface area is 73.2 Å². The van der Waals surface area contributed by atoms with E-state index in [0.717, 1.165) is 5.01 Å². The molecule has 0 radical (unpaired) electrons. The average molecular weight is 191 g/mol. The Balaban J connectivity index is 2.84.